The van der Waals surface area contributed by atoms with E-state index >= 15 is 4.79 Å². The van der Waals surface area contributed by atoms with E-state index in [1.54, 1.807) is 48.4 Å². The molecule has 53 heavy (non-hydrogen) atoms. The zero-order chi connectivity index (χ0) is 37.5. The van der Waals surface area contributed by atoms with Crippen molar-refractivity contribution in [1.29, 1.82) is 0 Å². The summed E-state index contributed by atoms with van der Waals surface area (Å²) in [5.41, 5.74) is 0.857. The number of benzene rings is 3. The molecule has 11 heteroatoms. The molecule has 3 saturated heterocycles. The average molecular weight is 722 g/mol. The number of ether oxygens (including phenoxy) is 3. The van der Waals surface area contributed by atoms with E-state index in [0.29, 0.717) is 30.7 Å². The monoisotopic (exact) mass is 721 g/mol. The molecule has 3 aromatic rings. The topological polar surface area (TPSA) is 135 Å². The van der Waals surface area contributed by atoms with Gasteiger partial charge in [-0.1, -0.05) is 72.8 Å². The van der Waals surface area contributed by atoms with E-state index in [4.69, 9.17) is 14.2 Å². The van der Waals surface area contributed by atoms with Crippen LogP contribution in [-0.4, -0.2) is 84.4 Å². The fourth-order valence-electron chi connectivity index (χ4n) is 8.21. The first kappa shape index (κ1) is 37.5. The largest absolute Gasteiger partial charge is 0.497 e. The predicted octanol–water partition coefficient (Wildman–Crippen LogP) is 4.56. The first-order chi connectivity index (χ1) is 25.8. The Morgan fingerprint density at radius 2 is 1.74 bits per heavy atom. The van der Waals surface area contributed by atoms with E-state index in [1.807, 2.05) is 60.7 Å². The van der Waals surface area contributed by atoms with Crippen molar-refractivity contribution in [2.45, 2.75) is 61.9 Å². The summed E-state index contributed by atoms with van der Waals surface area (Å²) in [6, 6.07) is 23.1. The summed E-state index contributed by atoms with van der Waals surface area (Å²) in [7, 11) is 1.56. The molecule has 1 spiro atoms. The number of esters is 1. The number of hydrogen-bond donors (Lipinski definition) is 2. The van der Waals surface area contributed by atoms with Gasteiger partial charge in [0.15, 0.2) is 0 Å². The van der Waals surface area contributed by atoms with Gasteiger partial charge in [-0.3, -0.25) is 19.2 Å². The van der Waals surface area contributed by atoms with Gasteiger partial charge in [0.05, 0.1) is 43.7 Å². The van der Waals surface area contributed by atoms with Crippen LogP contribution in [0, 0.1) is 11.8 Å². The number of aliphatic hydroxyl groups is 1. The van der Waals surface area contributed by atoms with Gasteiger partial charge in [0.1, 0.15) is 24.0 Å². The lowest BCUT2D eigenvalue weighted by atomic mass is 9.70. The molecule has 3 aliphatic heterocycles. The van der Waals surface area contributed by atoms with E-state index in [9.17, 15) is 19.5 Å². The minimum Gasteiger partial charge on any atom is -0.497 e. The van der Waals surface area contributed by atoms with Crippen LogP contribution >= 0.6 is 0 Å². The fourth-order valence-corrected chi connectivity index (χ4v) is 8.21. The van der Waals surface area contributed by atoms with Gasteiger partial charge >= 0.3 is 5.97 Å². The maximum atomic E-state index is 15.0. The Hall–Kier alpha value is -5.26. The van der Waals surface area contributed by atoms with E-state index in [1.165, 1.54) is 4.90 Å². The molecular weight excluding hydrogens is 674 g/mol. The van der Waals surface area contributed by atoms with E-state index in [2.05, 4.69) is 18.5 Å². The van der Waals surface area contributed by atoms with Gasteiger partial charge in [0.25, 0.3) is 5.91 Å². The van der Waals surface area contributed by atoms with Gasteiger partial charge in [-0.25, -0.2) is 0 Å². The Morgan fingerprint density at radius 1 is 1.04 bits per heavy atom. The van der Waals surface area contributed by atoms with Crippen LogP contribution in [-0.2, 0) is 35.1 Å². The van der Waals surface area contributed by atoms with E-state index < -0.39 is 72.0 Å². The lowest BCUT2D eigenvalue weighted by Crippen LogP contribution is -2.59. The summed E-state index contributed by atoms with van der Waals surface area (Å²) in [5, 5.41) is 13.9. The second-order valence-electron chi connectivity index (χ2n) is 13.7. The standard InChI is InChI=1S/C42H47N3O8/c1-4-6-17-35(47)52-27-33(29-15-11-8-12-16-29)43-39(48)36-34-22-23-42(53-34)37(36)40(49)45(31(26-46)25-28-13-9-7-10-14-28)38(42)41(50)44(24-5-2)30-18-20-32(51-3)21-19-30/h4-5,7-16,18-21,31,33-34,36-38,46H,1-2,6,17,22-27H2,3H3,(H,43,48)/t31-,33-,34+,36-,37-,38+,42-/m1/s1. The van der Waals surface area contributed by atoms with Gasteiger partial charge in [-0.2, -0.15) is 0 Å². The van der Waals surface area contributed by atoms with Crippen molar-refractivity contribution in [1.82, 2.24) is 10.2 Å². The summed E-state index contributed by atoms with van der Waals surface area (Å²) in [4.78, 5) is 59.9. The fraction of sp³-hybridized carbons (Fsp3) is 0.381. The number of methoxy groups -OCH3 is 1. The summed E-state index contributed by atoms with van der Waals surface area (Å²) in [6.45, 7) is 7.17. The van der Waals surface area contributed by atoms with Gasteiger partial charge in [-0.05, 0) is 61.1 Å². The smallest absolute Gasteiger partial charge is 0.306 e. The van der Waals surface area contributed by atoms with Crippen molar-refractivity contribution >= 4 is 29.4 Å². The highest BCUT2D eigenvalue weighted by atomic mass is 16.5. The van der Waals surface area contributed by atoms with Gasteiger partial charge < -0.3 is 34.4 Å². The molecule has 6 rings (SSSR count). The summed E-state index contributed by atoms with van der Waals surface area (Å²) in [6.07, 6.45) is 4.37. The first-order valence-electron chi connectivity index (χ1n) is 18.1. The number of allylic oxidation sites excluding steroid dienone is 1. The molecule has 7 atom stereocenters. The Balaban J connectivity index is 1.36. The number of hydrogen-bond acceptors (Lipinski definition) is 8. The van der Waals surface area contributed by atoms with Crippen molar-refractivity contribution in [2.75, 3.05) is 31.8 Å². The van der Waals surface area contributed by atoms with Crippen LogP contribution < -0.4 is 15.0 Å². The molecule has 278 valence electrons. The van der Waals surface area contributed by atoms with Crippen molar-refractivity contribution in [3.63, 3.8) is 0 Å². The molecule has 3 aromatic carbocycles. The molecule has 3 amide bonds. The van der Waals surface area contributed by atoms with Crippen molar-refractivity contribution in [3.05, 3.63) is 121 Å². The molecule has 3 aliphatic rings. The molecule has 0 radical (unpaired) electrons. The van der Waals surface area contributed by atoms with Crippen LogP contribution in [0.15, 0.2) is 110 Å². The number of anilines is 1. The van der Waals surface area contributed by atoms with Crippen molar-refractivity contribution in [2.24, 2.45) is 11.8 Å². The molecule has 3 heterocycles. The van der Waals surface area contributed by atoms with Crippen LogP contribution in [0.2, 0.25) is 0 Å². The second-order valence-corrected chi connectivity index (χ2v) is 13.7. The Labute approximate surface area is 310 Å². The zero-order valence-electron chi connectivity index (χ0n) is 30.0. The van der Waals surface area contributed by atoms with Crippen molar-refractivity contribution < 1.29 is 38.5 Å². The normalized spacial score (nSPS) is 23.8. The van der Waals surface area contributed by atoms with Crippen LogP contribution in [0.25, 0.3) is 0 Å². The highest BCUT2D eigenvalue weighted by molar-refractivity contribution is 6.05. The molecular formula is C42H47N3O8. The van der Waals surface area contributed by atoms with Gasteiger partial charge in [0.2, 0.25) is 11.8 Å². The molecule has 2 N–H and O–H groups in total. The number of likely N-dealkylation sites (tertiary alicyclic amines) is 1. The number of nitrogens with zero attached hydrogens (tertiary/aromatic N) is 2. The maximum Gasteiger partial charge on any atom is 0.306 e. The highest BCUT2D eigenvalue weighted by Crippen LogP contribution is 2.59. The SMILES string of the molecule is C=CCCC(=O)OC[C@@H](NC(=O)[C@@H]1[C@@H]2CC[C@]3(O2)[C@H](C(=O)N(CC=C)c2ccc(OC)cc2)N([C@@H](CO)Cc2ccccc2)C(=O)[C@@H]13)c1ccccc1. The summed E-state index contributed by atoms with van der Waals surface area (Å²) >= 11 is 0. The van der Waals surface area contributed by atoms with Crippen LogP contribution in [0.4, 0.5) is 5.69 Å². The Morgan fingerprint density at radius 3 is 2.38 bits per heavy atom. The average Bonchev–Trinajstić information content (AvgIpc) is 3.84. The third-order valence-corrected chi connectivity index (χ3v) is 10.6. The minimum absolute atomic E-state index is 0.108. The summed E-state index contributed by atoms with van der Waals surface area (Å²) in [5.74, 6) is -2.96. The highest BCUT2D eigenvalue weighted by Gasteiger charge is 2.75. The Bertz CT molecular complexity index is 1780. The lowest BCUT2D eigenvalue weighted by molar-refractivity contribution is -0.146. The van der Waals surface area contributed by atoms with Gasteiger partial charge in [0, 0.05) is 18.7 Å². The molecule has 11 nitrogen and oxygen atoms in total. The molecule has 2 bridgehead atoms. The van der Waals surface area contributed by atoms with Crippen LogP contribution in [0.3, 0.4) is 0 Å². The number of carbonyl (C=O) groups is 4. The van der Waals surface area contributed by atoms with E-state index in [-0.39, 0.29) is 26.0 Å². The lowest BCUT2D eigenvalue weighted by Gasteiger charge is -2.39. The molecule has 0 aliphatic carbocycles. The van der Waals surface area contributed by atoms with E-state index in [0.717, 1.165) is 11.1 Å². The molecule has 3 fully saturated rings. The second kappa shape index (κ2) is 16.6. The molecule has 0 saturated carbocycles. The number of carbonyl (C=O) groups excluding carboxylic acids is 4. The number of amides is 3. The third kappa shape index (κ3) is 7.49. The maximum absolute atomic E-state index is 15.0. The molecule has 0 unspecified atom stereocenters. The number of nitrogens with one attached hydrogen (secondary N) is 1. The number of rotatable bonds is 17. The number of aliphatic hydroxyl groups excluding tert-OH is 1. The van der Waals surface area contributed by atoms with Gasteiger partial charge in [-0.15, -0.1) is 13.2 Å². The van der Waals surface area contributed by atoms with Crippen LogP contribution in [0.5, 0.6) is 5.75 Å². The Kier molecular flexibility index (Phi) is 11.7. The summed E-state index contributed by atoms with van der Waals surface area (Å²) < 4.78 is 17.6. The minimum atomic E-state index is -1.32. The molecule has 0 aromatic heterocycles. The predicted molar refractivity (Wildman–Crippen MR) is 199 cm³/mol. The zero-order valence-corrected chi connectivity index (χ0v) is 30.0. The quantitative estimate of drug-likeness (QED) is 0.153. The number of fused-ring (bicyclic) bond motifs is 1. The van der Waals surface area contributed by atoms with Crippen molar-refractivity contribution in [3.8, 4) is 5.75 Å². The third-order valence-electron chi connectivity index (χ3n) is 10.6. The van der Waals surface area contributed by atoms with Crippen LogP contribution in [0.1, 0.15) is 42.9 Å². The first-order valence-corrected chi connectivity index (χ1v) is 18.1.